The summed E-state index contributed by atoms with van der Waals surface area (Å²) in [5.41, 5.74) is 7.74. The maximum absolute atomic E-state index is 5.40. The Balaban J connectivity index is 1.82. The van der Waals surface area contributed by atoms with Gasteiger partial charge in [-0.25, -0.2) is 0 Å². The lowest BCUT2D eigenvalue weighted by Crippen LogP contribution is -2.29. The van der Waals surface area contributed by atoms with Gasteiger partial charge in [-0.1, -0.05) is 24.0 Å². The van der Waals surface area contributed by atoms with Crippen molar-refractivity contribution >= 4 is 0 Å². The van der Waals surface area contributed by atoms with Gasteiger partial charge in [-0.15, -0.1) is 0 Å². The van der Waals surface area contributed by atoms with Crippen molar-refractivity contribution in [3.63, 3.8) is 0 Å². The monoisotopic (exact) mass is 272 g/mol. The van der Waals surface area contributed by atoms with Gasteiger partial charge in [0, 0.05) is 31.9 Å². The molecule has 0 aliphatic carbocycles. The van der Waals surface area contributed by atoms with Crippen LogP contribution in [0.2, 0.25) is 0 Å². The van der Waals surface area contributed by atoms with Crippen molar-refractivity contribution in [3.05, 3.63) is 35.4 Å². The highest BCUT2D eigenvalue weighted by atomic mass is 16.5. The Bertz CT molecular complexity index is 452. The zero-order chi connectivity index (χ0) is 14.2. The normalized spacial score (nSPS) is 15.9. The van der Waals surface area contributed by atoms with E-state index in [-0.39, 0.29) is 0 Å². The maximum Gasteiger partial charge on any atom is 0.0555 e. The summed E-state index contributed by atoms with van der Waals surface area (Å²) in [6.45, 7) is 4.40. The number of hydrogen-bond donors (Lipinski definition) is 1. The van der Waals surface area contributed by atoms with Crippen LogP contribution in [0.1, 0.15) is 24.0 Å². The summed E-state index contributed by atoms with van der Waals surface area (Å²) in [7, 11) is 2.19. The topological polar surface area (TPSA) is 38.5 Å². The van der Waals surface area contributed by atoms with Gasteiger partial charge in [0.2, 0.25) is 0 Å². The van der Waals surface area contributed by atoms with E-state index in [9.17, 15) is 0 Å². The van der Waals surface area contributed by atoms with Crippen LogP contribution in [0, 0.1) is 17.8 Å². The van der Waals surface area contributed by atoms with Crippen molar-refractivity contribution in [3.8, 4) is 11.8 Å². The first-order valence-corrected chi connectivity index (χ1v) is 7.32. The molecule has 1 heterocycles. The third kappa shape index (κ3) is 4.97. The Labute approximate surface area is 122 Å². The molecule has 2 N–H and O–H groups in total. The molecular weight excluding hydrogens is 248 g/mol. The molecule has 20 heavy (non-hydrogen) atoms. The zero-order valence-electron chi connectivity index (χ0n) is 12.3. The van der Waals surface area contributed by atoms with Crippen molar-refractivity contribution in [2.45, 2.75) is 19.4 Å². The maximum atomic E-state index is 5.40. The van der Waals surface area contributed by atoms with E-state index in [0.717, 1.165) is 37.8 Å². The second-order valence-electron chi connectivity index (χ2n) is 5.46. The van der Waals surface area contributed by atoms with E-state index in [1.165, 1.54) is 18.4 Å². The molecule has 3 nitrogen and oxygen atoms in total. The Morgan fingerprint density at radius 1 is 1.25 bits per heavy atom. The lowest BCUT2D eigenvalue weighted by atomic mass is 9.99. The smallest absolute Gasteiger partial charge is 0.0555 e. The summed E-state index contributed by atoms with van der Waals surface area (Å²) in [5, 5.41) is 0. The number of nitrogens with zero attached hydrogens (tertiary/aromatic N) is 1. The molecule has 0 radical (unpaired) electrons. The SMILES string of the molecule is CN(Cc1ccc(C#CCN)cc1)CC1CCOCC1. The van der Waals surface area contributed by atoms with E-state index >= 15 is 0 Å². The van der Waals surface area contributed by atoms with E-state index in [1.54, 1.807) is 0 Å². The standard InChI is InChI=1S/C17H24N2O/c1-19(14-17-8-11-20-12-9-17)13-16-6-4-15(5-7-16)3-2-10-18/h4-7,17H,8-14,18H2,1H3. The Morgan fingerprint density at radius 2 is 1.95 bits per heavy atom. The molecule has 0 amide bonds. The van der Waals surface area contributed by atoms with Crippen molar-refractivity contribution in [1.82, 2.24) is 4.90 Å². The van der Waals surface area contributed by atoms with Gasteiger partial charge >= 0.3 is 0 Å². The Hall–Kier alpha value is -1.34. The Morgan fingerprint density at radius 3 is 2.60 bits per heavy atom. The highest BCUT2D eigenvalue weighted by molar-refractivity contribution is 5.36. The van der Waals surface area contributed by atoms with Crippen LogP contribution in [0.15, 0.2) is 24.3 Å². The predicted octanol–water partition coefficient (Wildman–Crippen LogP) is 1.86. The van der Waals surface area contributed by atoms with Gasteiger partial charge in [0.15, 0.2) is 0 Å². The molecule has 0 spiro atoms. The largest absolute Gasteiger partial charge is 0.381 e. The number of rotatable bonds is 4. The molecule has 1 saturated heterocycles. The summed E-state index contributed by atoms with van der Waals surface area (Å²) in [5.74, 6) is 6.70. The van der Waals surface area contributed by atoms with Crippen molar-refractivity contribution in [1.29, 1.82) is 0 Å². The number of nitrogens with two attached hydrogens (primary N) is 1. The molecule has 0 aromatic heterocycles. The summed E-state index contributed by atoms with van der Waals surface area (Å²) >= 11 is 0. The van der Waals surface area contributed by atoms with Gasteiger partial charge in [-0.2, -0.15) is 0 Å². The minimum Gasteiger partial charge on any atom is -0.381 e. The molecule has 1 aromatic carbocycles. The predicted molar refractivity (Wildman–Crippen MR) is 82.3 cm³/mol. The first kappa shape index (κ1) is 15.1. The molecule has 1 fully saturated rings. The summed E-state index contributed by atoms with van der Waals surface area (Å²) < 4.78 is 5.40. The van der Waals surface area contributed by atoms with Gasteiger partial charge in [-0.3, -0.25) is 0 Å². The average molecular weight is 272 g/mol. The molecule has 1 aromatic rings. The van der Waals surface area contributed by atoms with E-state index in [2.05, 4.69) is 48.1 Å². The lowest BCUT2D eigenvalue weighted by molar-refractivity contribution is 0.0549. The minimum atomic E-state index is 0.412. The summed E-state index contributed by atoms with van der Waals surface area (Å²) in [4.78, 5) is 2.40. The minimum absolute atomic E-state index is 0.412. The fourth-order valence-electron chi connectivity index (χ4n) is 2.59. The summed E-state index contributed by atoms with van der Waals surface area (Å²) in [6, 6.07) is 8.45. The first-order chi connectivity index (χ1) is 9.78. The number of ether oxygens (including phenoxy) is 1. The van der Waals surface area contributed by atoms with Crippen molar-refractivity contribution in [2.24, 2.45) is 11.7 Å². The first-order valence-electron chi connectivity index (χ1n) is 7.32. The van der Waals surface area contributed by atoms with Crippen LogP contribution >= 0.6 is 0 Å². The number of hydrogen-bond acceptors (Lipinski definition) is 3. The van der Waals surface area contributed by atoms with Crippen LogP contribution in [-0.2, 0) is 11.3 Å². The summed E-state index contributed by atoms with van der Waals surface area (Å²) in [6.07, 6.45) is 2.38. The van der Waals surface area contributed by atoms with Gasteiger partial charge in [0.05, 0.1) is 6.54 Å². The van der Waals surface area contributed by atoms with Crippen LogP contribution < -0.4 is 5.73 Å². The Kier molecular flexibility index (Phi) is 6.07. The highest BCUT2D eigenvalue weighted by Crippen LogP contribution is 2.16. The lowest BCUT2D eigenvalue weighted by Gasteiger charge is -2.27. The zero-order valence-corrected chi connectivity index (χ0v) is 12.3. The van der Waals surface area contributed by atoms with Crippen LogP contribution in [0.3, 0.4) is 0 Å². The van der Waals surface area contributed by atoms with E-state index in [1.807, 2.05) is 0 Å². The molecule has 0 atom stereocenters. The highest BCUT2D eigenvalue weighted by Gasteiger charge is 2.15. The number of benzene rings is 1. The molecule has 1 aliphatic heterocycles. The molecule has 1 aliphatic rings. The van der Waals surface area contributed by atoms with Crippen molar-refractivity contribution < 1.29 is 4.74 Å². The van der Waals surface area contributed by atoms with Gasteiger partial charge in [0.25, 0.3) is 0 Å². The van der Waals surface area contributed by atoms with E-state index < -0.39 is 0 Å². The van der Waals surface area contributed by atoms with Crippen LogP contribution in [0.5, 0.6) is 0 Å². The van der Waals surface area contributed by atoms with Gasteiger partial charge < -0.3 is 15.4 Å². The molecule has 0 bridgehead atoms. The second-order valence-corrected chi connectivity index (χ2v) is 5.46. The van der Waals surface area contributed by atoms with Crippen LogP contribution in [0.25, 0.3) is 0 Å². The molecule has 2 rings (SSSR count). The van der Waals surface area contributed by atoms with E-state index in [0.29, 0.717) is 6.54 Å². The molecular formula is C17H24N2O. The fraction of sp³-hybridized carbons (Fsp3) is 0.529. The van der Waals surface area contributed by atoms with Gasteiger partial charge in [-0.05, 0) is 43.5 Å². The molecule has 108 valence electrons. The third-order valence-electron chi connectivity index (χ3n) is 3.65. The molecule has 0 saturated carbocycles. The third-order valence-corrected chi connectivity index (χ3v) is 3.65. The quantitative estimate of drug-likeness (QED) is 0.850. The van der Waals surface area contributed by atoms with Crippen molar-refractivity contribution in [2.75, 3.05) is 33.4 Å². The average Bonchev–Trinajstić information content (AvgIpc) is 2.47. The van der Waals surface area contributed by atoms with Gasteiger partial charge in [0.1, 0.15) is 0 Å². The molecule has 3 heteroatoms. The fourth-order valence-corrected chi connectivity index (χ4v) is 2.59. The molecule has 0 unspecified atom stereocenters. The van der Waals surface area contributed by atoms with E-state index in [4.69, 9.17) is 10.5 Å². The van der Waals surface area contributed by atoms with Crippen LogP contribution in [-0.4, -0.2) is 38.3 Å². The second kappa shape index (κ2) is 8.06. The van der Waals surface area contributed by atoms with Crippen LogP contribution in [0.4, 0.5) is 0 Å².